The number of esters is 1. The molecule has 1 aliphatic heterocycles. The molecule has 5 amide bonds. The number of rotatable bonds is 12. The van der Waals surface area contributed by atoms with Crippen LogP contribution in [-0.4, -0.2) is 82.9 Å². The summed E-state index contributed by atoms with van der Waals surface area (Å²) in [6, 6.07) is -3.71. The topological polar surface area (TPSA) is 189 Å². The van der Waals surface area contributed by atoms with Gasteiger partial charge >= 0.3 is 12.0 Å². The number of likely N-dealkylation sites (tertiary alicyclic amines) is 1. The molecule has 2 rings (SSSR count). The quantitative estimate of drug-likeness (QED) is 0.121. The molecule has 0 bridgehead atoms. The third-order valence-corrected chi connectivity index (χ3v) is 7.64. The first-order valence-electron chi connectivity index (χ1n) is 16.8. The van der Waals surface area contributed by atoms with Gasteiger partial charge in [0.2, 0.25) is 11.8 Å². The minimum Gasteiger partial charge on any atom is -0.458 e. The Morgan fingerprint density at radius 3 is 1.87 bits per heavy atom. The average molecular weight is 655 g/mol. The molecule has 46 heavy (non-hydrogen) atoms. The van der Waals surface area contributed by atoms with Crippen LogP contribution in [-0.2, 0) is 28.7 Å². The lowest BCUT2D eigenvalue weighted by Crippen LogP contribution is -2.62. The van der Waals surface area contributed by atoms with Crippen molar-refractivity contribution in [2.75, 3.05) is 6.54 Å². The molecule has 1 saturated carbocycles. The fourth-order valence-corrected chi connectivity index (χ4v) is 4.79. The highest BCUT2D eigenvalue weighted by atomic mass is 16.6. The summed E-state index contributed by atoms with van der Waals surface area (Å²) in [4.78, 5) is 78.5. The smallest absolute Gasteiger partial charge is 0.328 e. The minimum atomic E-state index is -1.29. The van der Waals surface area contributed by atoms with E-state index < -0.39 is 70.8 Å². The van der Waals surface area contributed by atoms with Gasteiger partial charge in [0, 0.05) is 12.6 Å². The van der Waals surface area contributed by atoms with Crippen LogP contribution in [0, 0.1) is 17.3 Å². The van der Waals surface area contributed by atoms with E-state index in [2.05, 4.69) is 21.3 Å². The Balaban J connectivity index is 0.00000486. The van der Waals surface area contributed by atoms with Gasteiger partial charge in [-0.3, -0.25) is 24.5 Å². The number of nitrogens with two attached hydrogens (primary N) is 1. The van der Waals surface area contributed by atoms with Gasteiger partial charge in [-0.25, -0.2) is 9.59 Å². The van der Waals surface area contributed by atoms with Gasteiger partial charge in [-0.2, -0.15) is 0 Å². The molecular weight excluding hydrogens is 592 g/mol. The fraction of sp³-hybridized carbons (Fsp3) is 0.818. The molecule has 0 aromatic heterocycles. The largest absolute Gasteiger partial charge is 0.458 e. The van der Waals surface area contributed by atoms with Gasteiger partial charge < -0.3 is 31.3 Å². The maximum Gasteiger partial charge on any atom is 0.328 e. The first kappa shape index (κ1) is 42.8. The SMILES string of the molecule is CC.CC.CCC(C)[C@@H]1CC(C(=O)NC(NC2CC2)C(=O)C(N)=O)N(C(=O)C(NC(=O)NC(C)C(=O)OC(C)(C)C)C(C)(C)C)C1. The van der Waals surface area contributed by atoms with Crippen molar-refractivity contribution in [3.05, 3.63) is 0 Å². The van der Waals surface area contributed by atoms with Crippen LogP contribution in [0.1, 0.15) is 116 Å². The monoisotopic (exact) mass is 654 g/mol. The molecule has 0 radical (unpaired) electrons. The number of urea groups is 1. The van der Waals surface area contributed by atoms with Crippen molar-refractivity contribution in [1.82, 2.24) is 26.2 Å². The molecule has 6 atom stereocenters. The molecule has 1 aliphatic carbocycles. The van der Waals surface area contributed by atoms with Crippen molar-refractivity contribution in [3.8, 4) is 0 Å². The maximum atomic E-state index is 14.1. The molecule has 0 aromatic carbocycles. The van der Waals surface area contributed by atoms with Crippen LogP contribution in [0.4, 0.5) is 4.79 Å². The van der Waals surface area contributed by atoms with Gasteiger partial charge in [-0.05, 0) is 64.2 Å². The standard InChI is InChI=1S/C29H50N6O7.2C2H6/c1-10-15(2)17-13-19(24(38)34-23(20(36)22(30)37)32-18-11-12-18)35(14-17)25(39)21(28(4,5)6)33-27(41)31-16(3)26(40)42-29(7,8)9;2*1-2/h15-19,21,23,32H,10-14H2,1-9H3,(H2,30,37)(H,34,38)(H2,31,33,41);2*1-2H3/t15?,16?,17-,19?,21?,23?;;/m1../s1. The average Bonchev–Trinajstić information content (AvgIpc) is 3.68. The lowest BCUT2D eigenvalue weighted by atomic mass is 9.85. The number of carbonyl (C=O) groups is 6. The third-order valence-electron chi connectivity index (χ3n) is 7.64. The number of Topliss-reactive ketones (excluding diaryl/α,β-unsaturated/α-hetero) is 1. The number of nitrogens with one attached hydrogen (secondary N) is 4. The summed E-state index contributed by atoms with van der Waals surface area (Å²) in [5, 5.41) is 10.8. The highest BCUT2D eigenvalue weighted by Crippen LogP contribution is 2.33. The Morgan fingerprint density at radius 2 is 1.43 bits per heavy atom. The summed E-state index contributed by atoms with van der Waals surface area (Å²) in [6.45, 7) is 24.3. The zero-order valence-corrected chi connectivity index (χ0v) is 30.5. The van der Waals surface area contributed by atoms with Crippen LogP contribution in [0.3, 0.4) is 0 Å². The van der Waals surface area contributed by atoms with E-state index in [1.165, 1.54) is 11.8 Å². The first-order valence-corrected chi connectivity index (χ1v) is 16.8. The second-order valence-electron chi connectivity index (χ2n) is 13.7. The van der Waals surface area contributed by atoms with Crippen LogP contribution < -0.4 is 27.0 Å². The van der Waals surface area contributed by atoms with E-state index >= 15 is 0 Å². The van der Waals surface area contributed by atoms with E-state index in [0.717, 1.165) is 19.3 Å². The molecule has 1 heterocycles. The number of ketones is 1. The first-order chi connectivity index (χ1) is 21.2. The molecule has 0 spiro atoms. The van der Waals surface area contributed by atoms with Gasteiger partial charge in [-0.15, -0.1) is 0 Å². The van der Waals surface area contributed by atoms with Gasteiger partial charge in [0.05, 0.1) is 0 Å². The molecule has 2 aliphatic rings. The minimum absolute atomic E-state index is 0.00183. The predicted octanol–water partition coefficient (Wildman–Crippen LogP) is 2.99. The summed E-state index contributed by atoms with van der Waals surface area (Å²) in [5.74, 6) is -3.62. The summed E-state index contributed by atoms with van der Waals surface area (Å²) in [7, 11) is 0. The van der Waals surface area contributed by atoms with Crippen molar-refractivity contribution < 1.29 is 33.5 Å². The number of hydrogen-bond donors (Lipinski definition) is 5. The van der Waals surface area contributed by atoms with Crippen molar-refractivity contribution in [3.63, 3.8) is 0 Å². The molecule has 266 valence electrons. The fourth-order valence-electron chi connectivity index (χ4n) is 4.79. The zero-order valence-electron chi connectivity index (χ0n) is 30.5. The number of carbonyl (C=O) groups excluding carboxylic acids is 6. The van der Waals surface area contributed by atoms with E-state index in [4.69, 9.17) is 10.5 Å². The summed E-state index contributed by atoms with van der Waals surface area (Å²) < 4.78 is 5.32. The van der Waals surface area contributed by atoms with E-state index in [-0.39, 0.29) is 24.4 Å². The Labute approximate surface area is 276 Å². The van der Waals surface area contributed by atoms with Gasteiger partial charge in [0.15, 0.2) is 0 Å². The Bertz CT molecular complexity index is 1050. The zero-order chi connectivity index (χ0) is 36.2. The van der Waals surface area contributed by atoms with E-state index in [1.807, 2.05) is 41.5 Å². The van der Waals surface area contributed by atoms with Crippen molar-refractivity contribution in [1.29, 1.82) is 0 Å². The van der Waals surface area contributed by atoms with Gasteiger partial charge in [0.1, 0.15) is 29.9 Å². The highest BCUT2D eigenvalue weighted by Gasteiger charge is 2.46. The maximum absolute atomic E-state index is 14.1. The molecule has 1 saturated heterocycles. The number of nitrogens with zero attached hydrogens (tertiary/aromatic N) is 1. The van der Waals surface area contributed by atoms with Gasteiger partial charge in [-0.1, -0.05) is 68.7 Å². The second-order valence-corrected chi connectivity index (χ2v) is 13.7. The summed E-state index contributed by atoms with van der Waals surface area (Å²) in [6.07, 6.45) is 1.50. The molecule has 2 fully saturated rings. The number of hydrogen-bond acceptors (Lipinski definition) is 8. The third kappa shape index (κ3) is 13.6. The Morgan fingerprint density at radius 1 is 0.891 bits per heavy atom. The van der Waals surface area contributed by atoms with Crippen LogP contribution in [0.25, 0.3) is 0 Å². The van der Waals surface area contributed by atoms with E-state index in [9.17, 15) is 28.8 Å². The molecule has 0 aromatic rings. The van der Waals surface area contributed by atoms with E-state index in [1.54, 1.807) is 41.5 Å². The van der Waals surface area contributed by atoms with Gasteiger partial charge in [0.25, 0.3) is 11.7 Å². The lowest BCUT2D eigenvalue weighted by Gasteiger charge is -2.36. The Kier molecular flexibility index (Phi) is 17.5. The summed E-state index contributed by atoms with van der Waals surface area (Å²) in [5.41, 5.74) is 3.71. The van der Waals surface area contributed by atoms with Crippen molar-refractivity contribution in [2.24, 2.45) is 23.0 Å². The Hall–Kier alpha value is -3.22. The van der Waals surface area contributed by atoms with Crippen LogP contribution in [0.5, 0.6) is 0 Å². The summed E-state index contributed by atoms with van der Waals surface area (Å²) >= 11 is 0. The molecule has 13 nitrogen and oxygen atoms in total. The number of primary amides is 1. The van der Waals surface area contributed by atoms with Crippen molar-refractivity contribution >= 4 is 35.5 Å². The molecular formula is C33H62N6O7. The predicted molar refractivity (Wildman–Crippen MR) is 178 cm³/mol. The second kappa shape index (κ2) is 18.8. The van der Waals surface area contributed by atoms with Crippen LogP contribution in [0.2, 0.25) is 0 Å². The highest BCUT2D eigenvalue weighted by molar-refractivity contribution is 6.37. The van der Waals surface area contributed by atoms with Crippen LogP contribution in [0.15, 0.2) is 0 Å². The lowest BCUT2D eigenvalue weighted by molar-refractivity contribution is -0.156. The van der Waals surface area contributed by atoms with E-state index in [0.29, 0.717) is 6.42 Å². The number of amides is 5. The number of ether oxygens (including phenoxy) is 1. The normalized spacial score (nSPS) is 20.2. The molecule has 6 N–H and O–H groups in total. The molecule has 5 unspecified atom stereocenters. The van der Waals surface area contributed by atoms with Crippen molar-refractivity contribution in [2.45, 2.75) is 152 Å². The molecule has 13 heteroatoms. The van der Waals surface area contributed by atoms with Crippen LogP contribution >= 0.6 is 0 Å².